The third kappa shape index (κ3) is 13.9. The van der Waals surface area contributed by atoms with Gasteiger partial charge in [0.15, 0.2) is 0 Å². The van der Waals surface area contributed by atoms with Gasteiger partial charge in [-0.25, -0.2) is 0 Å². The first kappa shape index (κ1) is 38.9. The highest BCUT2D eigenvalue weighted by Gasteiger charge is 2.33. The molecule has 258 valence electrons. The van der Waals surface area contributed by atoms with Gasteiger partial charge in [0.05, 0.1) is 6.04 Å². The molecule has 2 aromatic carbocycles. The topological polar surface area (TPSA) is 212 Å². The summed E-state index contributed by atoms with van der Waals surface area (Å²) in [4.78, 5) is 66.0. The molecule has 0 fully saturated rings. The van der Waals surface area contributed by atoms with Gasteiger partial charge in [0.1, 0.15) is 24.2 Å². The molecular formula is C35H53N7O5. The summed E-state index contributed by atoms with van der Waals surface area (Å²) in [6, 6.07) is 13.4. The van der Waals surface area contributed by atoms with Crippen LogP contribution in [0.25, 0.3) is 0 Å². The second-order valence-electron chi connectivity index (χ2n) is 12.7. The molecule has 0 radical (unpaired) electrons. The van der Waals surface area contributed by atoms with Crippen LogP contribution in [0.1, 0.15) is 64.5 Å². The summed E-state index contributed by atoms with van der Waals surface area (Å²) in [5.41, 5.74) is 18.8. The van der Waals surface area contributed by atoms with E-state index in [-0.39, 0.29) is 24.7 Å². The molecule has 0 bridgehead atoms. The van der Waals surface area contributed by atoms with Crippen LogP contribution in [-0.2, 0) is 36.8 Å². The van der Waals surface area contributed by atoms with Crippen molar-refractivity contribution in [3.63, 3.8) is 0 Å². The zero-order valence-corrected chi connectivity index (χ0v) is 28.0. The van der Waals surface area contributed by atoms with E-state index in [4.69, 9.17) is 17.2 Å². The van der Waals surface area contributed by atoms with E-state index in [0.717, 1.165) is 17.5 Å². The largest absolute Gasteiger partial charge is 0.368 e. The van der Waals surface area contributed by atoms with Gasteiger partial charge in [0.2, 0.25) is 29.5 Å². The Bertz CT molecular complexity index is 1290. The summed E-state index contributed by atoms with van der Waals surface area (Å²) in [6.07, 6.45) is 2.49. The van der Waals surface area contributed by atoms with Crippen molar-refractivity contribution in [2.75, 3.05) is 6.54 Å². The normalized spacial score (nSPS) is 14.4. The number of benzene rings is 2. The molecule has 2 rings (SSSR count). The summed E-state index contributed by atoms with van der Waals surface area (Å²) in [6.45, 7) is 7.87. The van der Waals surface area contributed by atoms with Crippen molar-refractivity contribution in [2.45, 2.75) is 96.4 Å². The number of nitrogens with one attached hydrogen (secondary N) is 4. The Hall–Kier alpha value is -4.29. The molecule has 5 atom stereocenters. The maximum atomic E-state index is 13.7. The van der Waals surface area contributed by atoms with E-state index in [2.05, 4.69) is 21.3 Å². The molecule has 0 aliphatic rings. The highest BCUT2D eigenvalue weighted by atomic mass is 16.2. The van der Waals surface area contributed by atoms with Crippen LogP contribution in [0.3, 0.4) is 0 Å². The molecule has 0 saturated carbocycles. The average Bonchev–Trinajstić information content (AvgIpc) is 3.03. The van der Waals surface area contributed by atoms with Crippen molar-refractivity contribution < 1.29 is 24.0 Å². The Morgan fingerprint density at radius 2 is 1.13 bits per heavy atom. The van der Waals surface area contributed by atoms with Crippen molar-refractivity contribution in [1.82, 2.24) is 21.3 Å². The average molecular weight is 652 g/mol. The molecular weight excluding hydrogens is 598 g/mol. The molecule has 12 nitrogen and oxygen atoms in total. The molecule has 0 aliphatic carbocycles. The quantitative estimate of drug-likeness (QED) is 0.103. The van der Waals surface area contributed by atoms with Crippen molar-refractivity contribution in [3.05, 3.63) is 71.8 Å². The lowest BCUT2D eigenvalue weighted by Gasteiger charge is -2.28. The summed E-state index contributed by atoms with van der Waals surface area (Å²) < 4.78 is 0. The van der Waals surface area contributed by atoms with Crippen molar-refractivity contribution in [3.8, 4) is 0 Å². The first-order valence-electron chi connectivity index (χ1n) is 16.4. The standard InChI is InChI=1S/C35H53N7O5/c1-22(2)19-28(40-32(44)26(37)17-11-12-18-36)34(46)42-30(23(3)4)35(47)41-29(21-25-15-9-6-10-16-25)33(45)39-27(31(38)43)20-24-13-7-5-8-14-24/h5-10,13-16,22-23,26-30H,11-12,17-21,36-37H2,1-4H3,(H2,38,43)(H,39,45)(H,40,44)(H,41,47)(H,42,46)/t26-,27-,28-,29-,30-/m1/s1. The zero-order valence-electron chi connectivity index (χ0n) is 28.0. The van der Waals surface area contributed by atoms with Gasteiger partial charge in [-0.1, -0.05) is 94.8 Å². The Kier molecular flexibility index (Phi) is 16.6. The highest BCUT2D eigenvalue weighted by molar-refractivity contribution is 5.96. The number of rotatable bonds is 20. The van der Waals surface area contributed by atoms with Crippen LogP contribution >= 0.6 is 0 Å². The minimum absolute atomic E-state index is 0.0545. The minimum Gasteiger partial charge on any atom is -0.368 e. The number of hydrogen-bond donors (Lipinski definition) is 7. The fourth-order valence-corrected chi connectivity index (χ4v) is 5.08. The molecule has 0 spiro atoms. The Labute approximate surface area is 278 Å². The fourth-order valence-electron chi connectivity index (χ4n) is 5.08. The maximum Gasteiger partial charge on any atom is 0.243 e. The molecule has 5 amide bonds. The van der Waals surface area contributed by atoms with Crippen LogP contribution in [-0.4, -0.2) is 66.3 Å². The predicted molar refractivity (Wildman–Crippen MR) is 182 cm³/mol. The first-order valence-corrected chi connectivity index (χ1v) is 16.4. The lowest BCUT2D eigenvalue weighted by Crippen LogP contribution is -2.60. The van der Waals surface area contributed by atoms with E-state index in [0.29, 0.717) is 25.8 Å². The lowest BCUT2D eigenvalue weighted by atomic mass is 9.98. The van der Waals surface area contributed by atoms with Crippen molar-refractivity contribution in [2.24, 2.45) is 29.0 Å². The van der Waals surface area contributed by atoms with Crippen LogP contribution < -0.4 is 38.5 Å². The van der Waals surface area contributed by atoms with Crippen molar-refractivity contribution >= 4 is 29.5 Å². The number of hydrogen-bond acceptors (Lipinski definition) is 7. The Morgan fingerprint density at radius 1 is 0.638 bits per heavy atom. The zero-order chi connectivity index (χ0) is 34.9. The lowest BCUT2D eigenvalue weighted by molar-refractivity contribution is -0.135. The number of unbranched alkanes of at least 4 members (excludes halogenated alkanes) is 1. The molecule has 47 heavy (non-hydrogen) atoms. The molecule has 0 aliphatic heterocycles. The van der Waals surface area contributed by atoms with E-state index >= 15 is 0 Å². The third-order valence-electron chi connectivity index (χ3n) is 7.75. The van der Waals surface area contributed by atoms with Gasteiger partial charge in [-0.2, -0.15) is 0 Å². The van der Waals surface area contributed by atoms with E-state index in [9.17, 15) is 24.0 Å². The molecule has 0 unspecified atom stereocenters. The molecule has 0 aromatic heterocycles. The number of carbonyl (C=O) groups is 5. The first-order chi connectivity index (χ1) is 22.3. The second kappa shape index (κ2) is 20.1. The van der Waals surface area contributed by atoms with Crippen LogP contribution in [0.4, 0.5) is 0 Å². The van der Waals surface area contributed by atoms with Gasteiger partial charge in [0, 0.05) is 12.8 Å². The van der Waals surface area contributed by atoms with E-state index in [1.54, 1.807) is 13.8 Å². The SMILES string of the molecule is CC(C)C[C@@H](NC(=O)[C@H](N)CCCCN)C(=O)N[C@@H](C(=O)N[C@H](Cc1ccccc1)C(=O)N[C@H](Cc1ccccc1)C(N)=O)C(C)C. The van der Waals surface area contributed by atoms with Gasteiger partial charge in [-0.3, -0.25) is 24.0 Å². The fraction of sp³-hybridized carbons (Fsp3) is 0.514. The minimum atomic E-state index is -1.08. The molecule has 2 aromatic rings. The van der Waals surface area contributed by atoms with Gasteiger partial charge in [0.25, 0.3) is 0 Å². The number of amides is 5. The van der Waals surface area contributed by atoms with Crippen molar-refractivity contribution in [1.29, 1.82) is 0 Å². The third-order valence-corrected chi connectivity index (χ3v) is 7.75. The monoisotopic (exact) mass is 651 g/mol. The summed E-state index contributed by atoms with van der Waals surface area (Å²) in [5.74, 6) is -3.19. The highest BCUT2D eigenvalue weighted by Crippen LogP contribution is 2.11. The maximum absolute atomic E-state index is 13.7. The summed E-state index contributed by atoms with van der Waals surface area (Å²) in [5, 5.41) is 11.0. The second-order valence-corrected chi connectivity index (χ2v) is 12.7. The van der Waals surface area contributed by atoms with Gasteiger partial charge < -0.3 is 38.5 Å². The number of primary amides is 1. The van der Waals surface area contributed by atoms with E-state index < -0.39 is 59.7 Å². The number of nitrogens with two attached hydrogens (primary N) is 3. The van der Waals surface area contributed by atoms with Gasteiger partial charge in [-0.05, 0) is 48.8 Å². The molecule has 10 N–H and O–H groups in total. The van der Waals surface area contributed by atoms with Crippen LogP contribution in [0.15, 0.2) is 60.7 Å². The van der Waals surface area contributed by atoms with Crippen LogP contribution in [0.2, 0.25) is 0 Å². The van der Waals surface area contributed by atoms with E-state index in [1.165, 1.54) is 0 Å². The van der Waals surface area contributed by atoms with E-state index in [1.807, 2.05) is 74.5 Å². The van der Waals surface area contributed by atoms with Crippen LogP contribution in [0, 0.1) is 11.8 Å². The van der Waals surface area contributed by atoms with Crippen LogP contribution in [0.5, 0.6) is 0 Å². The summed E-state index contributed by atoms with van der Waals surface area (Å²) >= 11 is 0. The smallest absolute Gasteiger partial charge is 0.243 e. The Morgan fingerprint density at radius 3 is 1.62 bits per heavy atom. The molecule has 0 heterocycles. The number of carbonyl (C=O) groups excluding carboxylic acids is 5. The Balaban J connectivity index is 2.24. The molecule has 0 saturated heterocycles. The molecule has 12 heteroatoms. The van der Waals surface area contributed by atoms with Gasteiger partial charge >= 0.3 is 0 Å². The van der Waals surface area contributed by atoms with Gasteiger partial charge in [-0.15, -0.1) is 0 Å². The predicted octanol–water partition coefficient (Wildman–Crippen LogP) is 1.05. The summed E-state index contributed by atoms with van der Waals surface area (Å²) in [7, 11) is 0.